The molecule has 0 bridgehead atoms. The molecule has 0 fully saturated rings. The summed E-state index contributed by atoms with van der Waals surface area (Å²) in [5.74, 6) is 9.24. The van der Waals surface area contributed by atoms with Crippen molar-refractivity contribution < 1.29 is 34.0 Å². The van der Waals surface area contributed by atoms with Gasteiger partial charge in [0, 0.05) is 0 Å². The lowest BCUT2D eigenvalue weighted by Crippen LogP contribution is -2.11. The Hall–Kier alpha value is -2.22. The lowest BCUT2D eigenvalue weighted by Gasteiger charge is -1.96. The third-order valence-corrected chi connectivity index (χ3v) is 0.897. The van der Waals surface area contributed by atoms with Crippen molar-refractivity contribution in [3.8, 4) is 23.7 Å². The summed E-state index contributed by atoms with van der Waals surface area (Å²) >= 11 is 0. The molecule has 0 aliphatic carbocycles. The van der Waals surface area contributed by atoms with Crippen molar-refractivity contribution in [2.75, 3.05) is 27.4 Å². The topological polar surface area (TPSA) is 102 Å². The van der Waals surface area contributed by atoms with E-state index in [1.54, 1.807) is 0 Å². The predicted molar refractivity (Wildman–Crippen MR) is 55.6 cm³/mol. The highest BCUT2D eigenvalue weighted by Gasteiger charge is 2.07. The minimum Gasteiger partial charge on any atom is -0.437 e. The zero-order valence-electron chi connectivity index (χ0n) is 9.35. The Morgan fingerprint density at radius 2 is 1.29 bits per heavy atom. The standard InChI is InChI=1S/C6H6O2.C4H6O5/c7-5-3-1-2-4-6-8;1-7-3(5)9-4(6)8-2/h7-8H,5-6H2;1-2H3. The summed E-state index contributed by atoms with van der Waals surface area (Å²) in [6.07, 6.45) is -2.16. The maximum atomic E-state index is 10.0. The largest absolute Gasteiger partial charge is 0.518 e. The van der Waals surface area contributed by atoms with Gasteiger partial charge < -0.3 is 24.4 Å². The van der Waals surface area contributed by atoms with E-state index in [1.165, 1.54) is 0 Å². The molecule has 0 heterocycles. The number of aliphatic hydroxyl groups excluding tert-OH is 2. The summed E-state index contributed by atoms with van der Waals surface area (Å²) < 4.78 is 11.7. The molecule has 7 heteroatoms. The number of carbonyl (C=O) groups excluding carboxylic acids is 2. The van der Waals surface area contributed by atoms with Crippen LogP contribution in [-0.2, 0) is 14.2 Å². The molecule has 0 rings (SSSR count). The first-order valence-electron chi connectivity index (χ1n) is 4.13. The van der Waals surface area contributed by atoms with E-state index in [0.29, 0.717) is 0 Å². The summed E-state index contributed by atoms with van der Waals surface area (Å²) in [6.45, 7) is -0.361. The van der Waals surface area contributed by atoms with Crippen LogP contribution < -0.4 is 0 Å². The van der Waals surface area contributed by atoms with E-state index in [4.69, 9.17) is 10.2 Å². The maximum absolute atomic E-state index is 10.0. The van der Waals surface area contributed by atoms with E-state index in [9.17, 15) is 9.59 Å². The lowest BCUT2D eigenvalue weighted by atomic mass is 10.5. The molecule has 0 aliphatic rings. The molecule has 7 nitrogen and oxygen atoms in total. The van der Waals surface area contributed by atoms with E-state index in [0.717, 1.165) is 14.2 Å². The van der Waals surface area contributed by atoms with Crippen LogP contribution in [0, 0.1) is 23.7 Å². The summed E-state index contributed by atoms with van der Waals surface area (Å²) in [5.41, 5.74) is 0. The molecule has 0 aromatic rings. The fourth-order valence-electron chi connectivity index (χ4n) is 0.319. The Morgan fingerprint density at radius 3 is 1.53 bits per heavy atom. The molecular weight excluding hydrogens is 232 g/mol. The van der Waals surface area contributed by atoms with Crippen LogP contribution in [0.3, 0.4) is 0 Å². The van der Waals surface area contributed by atoms with Crippen LogP contribution in [0.2, 0.25) is 0 Å². The second kappa shape index (κ2) is 13.8. The van der Waals surface area contributed by atoms with Crippen LogP contribution in [0.5, 0.6) is 0 Å². The Morgan fingerprint density at radius 1 is 0.941 bits per heavy atom. The van der Waals surface area contributed by atoms with Gasteiger partial charge in [0.25, 0.3) is 0 Å². The third kappa shape index (κ3) is 16.5. The average molecular weight is 244 g/mol. The predicted octanol–water partition coefficient (Wildman–Crippen LogP) is -0.486. The molecule has 0 unspecified atom stereocenters. The quantitative estimate of drug-likeness (QED) is 0.337. The minimum atomic E-state index is -1.08. The number of carbonyl (C=O) groups is 2. The number of hydrogen-bond donors (Lipinski definition) is 2. The van der Waals surface area contributed by atoms with Crippen LogP contribution in [-0.4, -0.2) is 50.0 Å². The van der Waals surface area contributed by atoms with Crippen molar-refractivity contribution in [1.29, 1.82) is 0 Å². The minimum absolute atomic E-state index is 0.180. The van der Waals surface area contributed by atoms with Crippen molar-refractivity contribution in [1.82, 2.24) is 0 Å². The van der Waals surface area contributed by atoms with Gasteiger partial charge in [0.2, 0.25) is 0 Å². The van der Waals surface area contributed by atoms with Gasteiger partial charge in [-0.25, -0.2) is 9.59 Å². The van der Waals surface area contributed by atoms with E-state index in [-0.39, 0.29) is 13.2 Å². The molecule has 0 saturated carbocycles. The Balaban J connectivity index is 0. The second-order valence-electron chi connectivity index (χ2n) is 1.93. The van der Waals surface area contributed by atoms with Gasteiger partial charge in [0.05, 0.1) is 14.2 Å². The Bertz CT molecular complexity index is 305. The number of hydrogen-bond acceptors (Lipinski definition) is 7. The van der Waals surface area contributed by atoms with Crippen molar-refractivity contribution in [2.45, 2.75) is 0 Å². The Labute approximate surface area is 98.3 Å². The lowest BCUT2D eigenvalue weighted by molar-refractivity contribution is 0.0568. The molecule has 17 heavy (non-hydrogen) atoms. The van der Waals surface area contributed by atoms with Crippen molar-refractivity contribution >= 4 is 12.3 Å². The second-order valence-corrected chi connectivity index (χ2v) is 1.93. The van der Waals surface area contributed by atoms with Crippen LogP contribution in [0.15, 0.2) is 0 Å². The highest BCUT2D eigenvalue weighted by atomic mass is 16.8. The number of rotatable bonds is 0. The fourth-order valence-corrected chi connectivity index (χ4v) is 0.319. The number of ether oxygens (including phenoxy) is 3. The molecule has 2 N–H and O–H groups in total. The van der Waals surface area contributed by atoms with Gasteiger partial charge >= 0.3 is 12.3 Å². The fraction of sp³-hybridized carbons (Fsp3) is 0.400. The number of aliphatic hydroxyl groups is 2. The molecule has 0 saturated heterocycles. The van der Waals surface area contributed by atoms with E-state index in [1.807, 2.05) is 0 Å². The summed E-state index contributed by atoms with van der Waals surface area (Å²) in [4.78, 5) is 20.1. The molecule has 94 valence electrons. The molecule has 0 radical (unpaired) electrons. The third-order valence-electron chi connectivity index (χ3n) is 0.897. The van der Waals surface area contributed by atoms with Crippen LogP contribution in [0.4, 0.5) is 9.59 Å². The van der Waals surface area contributed by atoms with Gasteiger partial charge in [0.1, 0.15) is 13.2 Å². The molecular formula is C10H12O7. The first-order valence-corrected chi connectivity index (χ1v) is 4.13. The number of methoxy groups -OCH3 is 2. The van der Waals surface area contributed by atoms with Crippen molar-refractivity contribution in [2.24, 2.45) is 0 Å². The first-order chi connectivity index (χ1) is 8.12. The van der Waals surface area contributed by atoms with Gasteiger partial charge in [0.15, 0.2) is 0 Å². The highest BCUT2D eigenvalue weighted by molar-refractivity contribution is 5.76. The monoisotopic (exact) mass is 244 g/mol. The van der Waals surface area contributed by atoms with Gasteiger partial charge in [-0.05, 0) is 11.8 Å². The first kappa shape index (κ1) is 17.2. The van der Waals surface area contributed by atoms with Crippen LogP contribution >= 0.6 is 0 Å². The SMILES string of the molecule is COC(=O)OC(=O)OC.OCC#CC#CCO. The zero-order chi connectivity index (χ0) is 13.5. The Kier molecular flexibility index (Phi) is 13.9. The molecule has 0 aliphatic heterocycles. The van der Waals surface area contributed by atoms with E-state index >= 15 is 0 Å². The van der Waals surface area contributed by atoms with E-state index < -0.39 is 12.3 Å². The van der Waals surface area contributed by atoms with Crippen LogP contribution in [0.25, 0.3) is 0 Å². The normalized spacial score (nSPS) is 6.82. The summed E-state index contributed by atoms with van der Waals surface area (Å²) in [6, 6.07) is 0. The summed E-state index contributed by atoms with van der Waals surface area (Å²) in [5, 5.41) is 16.1. The van der Waals surface area contributed by atoms with Gasteiger partial charge in [-0.1, -0.05) is 11.8 Å². The molecule has 0 atom stereocenters. The average Bonchev–Trinajstić information content (AvgIpc) is 2.35. The van der Waals surface area contributed by atoms with E-state index in [2.05, 4.69) is 37.9 Å². The van der Waals surface area contributed by atoms with Crippen LogP contribution in [0.1, 0.15) is 0 Å². The van der Waals surface area contributed by atoms with Gasteiger partial charge in [-0.3, -0.25) is 0 Å². The van der Waals surface area contributed by atoms with Crippen molar-refractivity contribution in [3.05, 3.63) is 0 Å². The highest BCUT2D eigenvalue weighted by Crippen LogP contribution is 1.85. The zero-order valence-corrected chi connectivity index (χ0v) is 9.35. The summed E-state index contributed by atoms with van der Waals surface area (Å²) in [7, 11) is 2.18. The maximum Gasteiger partial charge on any atom is 0.518 e. The molecule has 0 aromatic carbocycles. The van der Waals surface area contributed by atoms with Gasteiger partial charge in [-0.15, -0.1) is 0 Å². The molecule has 0 aromatic heterocycles. The van der Waals surface area contributed by atoms with Gasteiger partial charge in [-0.2, -0.15) is 0 Å². The molecule has 0 amide bonds. The van der Waals surface area contributed by atoms with Crippen molar-refractivity contribution in [3.63, 3.8) is 0 Å². The molecule has 0 spiro atoms. The smallest absolute Gasteiger partial charge is 0.437 e.